The molecule has 2 rings (SSSR count). The van der Waals surface area contributed by atoms with Gasteiger partial charge in [0, 0.05) is 19.7 Å². The minimum absolute atomic E-state index is 0.117. The summed E-state index contributed by atoms with van der Waals surface area (Å²) >= 11 is 0. The number of carbonyl (C=O) groups is 2. The van der Waals surface area contributed by atoms with Crippen LogP contribution in [0.3, 0.4) is 0 Å². The Labute approximate surface area is 111 Å². The monoisotopic (exact) mass is 265 g/mol. The number of hydrogen-bond donors (Lipinski definition) is 3. The van der Waals surface area contributed by atoms with Crippen LogP contribution in [-0.2, 0) is 11.8 Å². The lowest BCUT2D eigenvalue weighted by Crippen LogP contribution is -2.47. The van der Waals surface area contributed by atoms with Gasteiger partial charge in [-0.15, -0.1) is 0 Å². The normalized spacial score (nSPS) is 19.5. The van der Waals surface area contributed by atoms with Crippen LogP contribution >= 0.6 is 0 Å². The first-order chi connectivity index (χ1) is 9.06. The summed E-state index contributed by atoms with van der Waals surface area (Å²) in [5, 5.41) is 12.3. The number of rotatable bonds is 2. The lowest BCUT2D eigenvalue weighted by molar-refractivity contribution is -0.122. The van der Waals surface area contributed by atoms with Crippen molar-refractivity contribution >= 4 is 17.8 Å². The maximum Gasteiger partial charge on any atom is 0.321 e. The van der Waals surface area contributed by atoms with Crippen LogP contribution in [0.25, 0.3) is 0 Å². The van der Waals surface area contributed by atoms with E-state index in [2.05, 4.69) is 21.0 Å². The topological polar surface area (TPSA) is 88.0 Å². The van der Waals surface area contributed by atoms with Gasteiger partial charge in [0.25, 0.3) is 0 Å². The van der Waals surface area contributed by atoms with Gasteiger partial charge in [0.05, 0.1) is 5.69 Å². The maximum atomic E-state index is 11.9. The molecular weight excluding hydrogens is 246 g/mol. The van der Waals surface area contributed by atoms with Crippen LogP contribution in [0, 0.1) is 6.92 Å². The van der Waals surface area contributed by atoms with Crippen molar-refractivity contribution in [1.82, 2.24) is 20.4 Å². The molecule has 7 nitrogen and oxygen atoms in total. The van der Waals surface area contributed by atoms with Crippen molar-refractivity contribution in [2.24, 2.45) is 7.05 Å². The Hall–Kier alpha value is -2.05. The Balaban J connectivity index is 1.93. The summed E-state index contributed by atoms with van der Waals surface area (Å²) in [5.41, 5.74) is 0.824. The zero-order valence-corrected chi connectivity index (χ0v) is 11.2. The number of amides is 3. The summed E-state index contributed by atoms with van der Waals surface area (Å²) in [6.45, 7) is 2.53. The van der Waals surface area contributed by atoms with E-state index in [9.17, 15) is 9.59 Å². The molecule has 1 aliphatic heterocycles. The Kier molecular flexibility index (Phi) is 4.03. The van der Waals surface area contributed by atoms with Gasteiger partial charge in [0.15, 0.2) is 0 Å². The lowest BCUT2D eigenvalue weighted by atomic mass is 10.1. The second-order valence-electron chi connectivity index (χ2n) is 4.73. The van der Waals surface area contributed by atoms with Crippen molar-refractivity contribution in [3.63, 3.8) is 0 Å². The van der Waals surface area contributed by atoms with Gasteiger partial charge in [-0.1, -0.05) is 0 Å². The van der Waals surface area contributed by atoms with Crippen molar-refractivity contribution in [3.8, 4) is 0 Å². The number of aromatic nitrogens is 2. The fourth-order valence-electron chi connectivity index (χ4n) is 2.12. The van der Waals surface area contributed by atoms with E-state index in [4.69, 9.17) is 0 Å². The quantitative estimate of drug-likeness (QED) is 0.728. The van der Waals surface area contributed by atoms with Gasteiger partial charge in [0.1, 0.15) is 11.9 Å². The predicted octanol–water partition coefficient (Wildman–Crippen LogP) is 0.519. The second-order valence-corrected chi connectivity index (χ2v) is 4.73. The highest BCUT2D eigenvalue weighted by Crippen LogP contribution is 2.09. The molecule has 1 aromatic heterocycles. The molecule has 1 atom stereocenters. The number of anilines is 1. The highest BCUT2D eigenvalue weighted by atomic mass is 16.2. The van der Waals surface area contributed by atoms with Gasteiger partial charge in [-0.25, -0.2) is 4.79 Å². The van der Waals surface area contributed by atoms with Crippen LogP contribution in [0.15, 0.2) is 6.07 Å². The van der Waals surface area contributed by atoms with E-state index in [-0.39, 0.29) is 11.9 Å². The third-order valence-corrected chi connectivity index (χ3v) is 3.08. The van der Waals surface area contributed by atoms with E-state index >= 15 is 0 Å². The van der Waals surface area contributed by atoms with Gasteiger partial charge in [-0.05, 0) is 26.2 Å². The number of aryl methyl sites for hydroxylation is 2. The molecule has 0 saturated carbocycles. The third-order valence-electron chi connectivity index (χ3n) is 3.08. The first-order valence-electron chi connectivity index (χ1n) is 6.42. The third kappa shape index (κ3) is 3.46. The van der Waals surface area contributed by atoms with Crippen molar-refractivity contribution in [2.45, 2.75) is 32.2 Å². The number of carbonyl (C=O) groups excluding carboxylic acids is 2. The first-order valence-corrected chi connectivity index (χ1v) is 6.42. The van der Waals surface area contributed by atoms with Crippen molar-refractivity contribution in [2.75, 3.05) is 11.9 Å². The minimum Gasteiger partial charge on any atom is -0.354 e. The van der Waals surface area contributed by atoms with Gasteiger partial charge in [-0.3, -0.25) is 14.8 Å². The van der Waals surface area contributed by atoms with Gasteiger partial charge >= 0.3 is 6.03 Å². The van der Waals surface area contributed by atoms with Crippen LogP contribution in [-0.4, -0.2) is 34.3 Å². The standard InChI is InChI=1S/C12H19N5O2/c1-8-7-10(17(2)16-8)15-12(19)14-9-5-3-4-6-13-11(9)18/h7,9H,3-6H2,1-2H3,(H,13,18)(H2,14,15,19)/t9-/m0/s1. The molecular formula is C12H19N5O2. The smallest absolute Gasteiger partial charge is 0.321 e. The number of nitrogens with zero attached hydrogens (tertiary/aromatic N) is 2. The van der Waals surface area contributed by atoms with E-state index in [0.29, 0.717) is 18.8 Å². The van der Waals surface area contributed by atoms with E-state index < -0.39 is 6.04 Å². The van der Waals surface area contributed by atoms with Crippen molar-refractivity contribution in [1.29, 1.82) is 0 Å². The Morgan fingerprint density at radius 1 is 1.53 bits per heavy atom. The van der Waals surface area contributed by atoms with E-state index in [1.54, 1.807) is 17.8 Å². The molecule has 7 heteroatoms. The van der Waals surface area contributed by atoms with Gasteiger partial charge in [0.2, 0.25) is 5.91 Å². The number of nitrogens with one attached hydrogen (secondary N) is 3. The average Bonchev–Trinajstić information content (AvgIpc) is 2.53. The summed E-state index contributed by atoms with van der Waals surface area (Å²) in [7, 11) is 1.75. The SMILES string of the molecule is Cc1cc(NC(=O)N[C@H]2CCCCNC2=O)n(C)n1. The zero-order chi connectivity index (χ0) is 13.8. The van der Waals surface area contributed by atoms with Gasteiger partial charge < -0.3 is 10.6 Å². The number of urea groups is 1. The largest absolute Gasteiger partial charge is 0.354 e. The molecule has 3 amide bonds. The molecule has 19 heavy (non-hydrogen) atoms. The predicted molar refractivity (Wildman–Crippen MR) is 70.7 cm³/mol. The summed E-state index contributed by atoms with van der Waals surface area (Å²) < 4.78 is 1.59. The molecule has 1 fully saturated rings. The van der Waals surface area contributed by atoms with E-state index in [1.807, 2.05) is 6.92 Å². The molecule has 0 radical (unpaired) electrons. The Bertz CT molecular complexity index is 482. The van der Waals surface area contributed by atoms with Crippen LogP contribution < -0.4 is 16.0 Å². The Morgan fingerprint density at radius 2 is 2.32 bits per heavy atom. The summed E-state index contributed by atoms with van der Waals surface area (Å²) in [6, 6.07) is 0.925. The molecule has 0 unspecified atom stereocenters. The molecule has 104 valence electrons. The fraction of sp³-hybridized carbons (Fsp3) is 0.583. The number of hydrogen-bond acceptors (Lipinski definition) is 3. The molecule has 3 N–H and O–H groups in total. The van der Waals surface area contributed by atoms with Gasteiger partial charge in [-0.2, -0.15) is 5.10 Å². The molecule has 0 spiro atoms. The maximum absolute atomic E-state index is 11.9. The summed E-state index contributed by atoms with van der Waals surface area (Å²) in [6.07, 6.45) is 2.55. The molecule has 2 heterocycles. The zero-order valence-electron chi connectivity index (χ0n) is 11.2. The molecule has 0 aliphatic carbocycles. The van der Waals surface area contributed by atoms with Crippen molar-refractivity contribution in [3.05, 3.63) is 11.8 Å². The van der Waals surface area contributed by atoms with Crippen LogP contribution in [0.1, 0.15) is 25.0 Å². The van der Waals surface area contributed by atoms with Crippen LogP contribution in [0.4, 0.5) is 10.6 Å². The summed E-state index contributed by atoms with van der Waals surface area (Å²) in [5.74, 6) is 0.484. The minimum atomic E-state index is -0.461. The van der Waals surface area contributed by atoms with Crippen molar-refractivity contribution < 1.29 is 9.59 Å². The highest BCUT2D eigenvalue weighted by Gasteiger charge is 2.22. The first kappa shape index (κ1) is 13.4. The average molecular weight is 265 g/mol. The highest BCUT2D eigenvalue weighted by molar-refractivity contribution is 5.93. The fourth-order valence-corrected chi connectivity index (χ4v) is 2.12. The van der Waals surface area contributed by atoms with Crippen LogP contribution in [0.2, 0.25) is 0 Å². The Morgan fingerprint density at radius 3 is 3.00 bits per heavy atom. The molecule has 1 aliphatic rings. The molecule has 1 saturated heterocycles. The molecule has 1 aromatic rings. The molecule has 0 aromatic carbocycles. The molecule has 0 bridgehead atoms. The van der Waals surface area contributed by atoms with E-state index in [0.717, 1.165) is 18.5 Å². The van der Waals surface area contributed by atoms with Crippen LogP contribution in [0.5, 0.6) is 0 Å². The van der Waals surface area contributed by atoms with E-state index in [1.165, 1.54) is 0 Å². The lowest BCUT2D eigenvalue weighted by Gasteiger charge is -2.15. The second kappa shape index (κ2) is 5.73. The summed E-state index contributed by atoms with van der Waals surface area (Å²) in [4.78, 5) is 23.6.